The van der Waals surface area contributed by atoms with Crippen LogP contribution >= 0.6 is 0 Å². The smallest absolute Gasteiger partial charge is 1.00 e. The van der Waals surface area contributed by atoms with E-state index in [0.29, 0.717) is 0 Å². The Morgan fingerprint density at radius 2 is 0.812 bits per heavy atom. The summed E-state index contributed by atoms with van der Waals surface area (Å²) < 4.78 is 0. The second-order valence-electron chi connectivity index (χ2n) is 4.57. The van der Waals surface area contributed by atoms with Gasteiger partial charge in [0, 0.05) is 0 Å². The molecule has 16 heavy (non-hydrogen) atoms. The van der Waals surface area contributed by atoms with Crippen LogP contribution in [0.4, 0.5) is 0 Å². The van der Waals surface area contributed by atoms with Crippen molar-refractivity contribution in [2.75, 3.05) is 0 Å². The van der Waals surface area contributed by atoms with Gasteiger partial charge in [0.25, 0.3) is 0 Å². The topological polar surface area (TPSA) is 0 Å². The number of hydrogen-bond donors (Lipinski definition) is 0. The van der Waals surface area contributed by atoms with Crippen molar-refractivity contribution in [2.24, 2.45) is 0 Å². The van der Waals surface area contributed by atoms with Crippen LogP contribution in [0, 0.1) is 0 Å². The Labute approximate surface area is 131 Å². The minimum atomic E-state index is -0.0345. The Morgan fingerprint density at radius 3 is 1.12 bits per heavy atom. The fourth-order valence-corrected chi connectivity index (χ4v) is 16.3. The van der Waals surface area contributed by atoms with Crippen LogP contribution in [0.3, 0.4) is 0 Å². The van der Waals surface area contributed by atoms with Gasteiger partial charge in [0.1, 0.15) is 0 Å². The van der Waals surface area contributed by atoms with Gasteiger partial charge in [-0.3, -0.25) is 0 Å². The second-order valence-corrected chi connectivity index (χ2v) is 14.8. The van der Waals surface area contributed by atoms with E-state index in [-0.39, 0.29) is 61.8 Å². The molecule has 0 aromatic carbocycles. The second kappa shape index (κ2) is 10.9. The van der Waals surface area contributed by atoms with Crippen molar-refractivity contribution in [3.05, 3.63) is 0 Å². The van der Waals surface area contributed by atoms with E-state index in [9.17, 15) is 0 Å². The molecule has 2 fully saturated rings. The molecule has 0 unspecified atom stereocenters. The maximum Gasteiger partial charge on any atom is -1.00 e. The van der Waals surface area contributed by atoms with E-state index in [1.807, 2.05) is 0 Å². The first kappa shape index (κ1) is 18.0. The van der Waals surface area contributed by atoms with Crippen LogP contribution < -0.4 is 34.0 Å². The maximum atomic E-state index is 1.74. The third kappa shape index (κ3) is 6.80. The Balaban J connectivity index is 0.00000112. The van der Waals surface area contributed by atoms with E-state index in [1.165, 1.54) is 0 Å². The average Bonchev–Trinajstić information content (AvgIpc) is 2.29. The summed E-state index contributed by atoms with van der Waals surface area (Å²) in [5.74, 6) is 0. The summed E-state index contributed by atoms with van der Waals surface area (Å²) in [4.78, 5) is 0. The van der Waals surface area contributed by atoms with Gasteiger partial charge < -0.3 is 34.0 Å². The third-order valence-corrected chi connectivity index (χ3v) is 15.2. The summed E-state index contributed by atoms with van der Waals surface area (Å²) in [5.41, 5.74) is 0. The van der Waals surface area contributed by atoms with Crippen LogP contribution in [-0.2, 0) is 0 Å². The van der Waals surface area contributed by atoms with Crippen LogP contribution in [-0.4, -0.2) is 27.8 Å². The minimum Gasteiger partial charge on any atom is -1.00 e. The van der Waals surface area contributed by atoms with Crippen molar-refractivity contribution in [2.45, 2.75) is 70.4 Å². The van der Waals surface area contributed by atoms with Gasteiger partial charge in [-0.2, -0.15) is 0 Å². The van der Waals surface area contributed by atoms with Gasteiger partial charge >= 0.3 is 98.2 Å². The largest absolute Gasteiger partial charge is 1.00 e. The molecule has 2 heterocycles. The molecular formula is C12H24Br2Se2. The zero-order valence-corrected chi connectivity index (χ0v) is 16.7. The van der Waals surface area contributed by atoms with Crippen molar-refractivity contribution in [1.29, 1.82) is 0 Å². The average molecular weight is 486 g/mol. The predicted octanol–water partition coefficient (Wildman–Crippen LogP) is -1.65. The van der Waals surface area contributed by atoms with E-state index in [0.717, 1.165) is 0 Å². The van der Waals surface area contributed by atoms with E-state index in [2.05, 4.69) is 0 Å². The summed E-state index contributed by atoms with van der Waals surface area (Å²) in [7, 11) is 0. The molecule has 2 rings (SSSR count). The van der Waals surface area contributed by atoms with E-state index < -0.39 is 0 Å². The van der Waals surface area contributed by atoms with Gasteiger partial charge in [-0.05, 0) is 0 Å². The Bertz CT molecular complexity index is 137. The zero-order chi connectivity index (χ0) is 9.64. The first-order valence-electron chi connectivity index (χ1n) is 6.23. The van der Waals surface area contributed by atoms with Crippen molar-refractivity contribution < 1.29 is 34.0 Å². The molecule has 0 bridgehead atoms. The first-order valence-corrected chi connectivity index (χ1v) is 13.5. The fourth-order valence-electron chi connectivity index (χ4n) is 2.43. The molecular weight excluding hydrogens is 462 g/mol. The van der Waals surface area contributed by atoms with Gasteiger partial charge in [0.2, 0.25) is 0 Å². The van der Waals surface area contributed by atoms with Crippen molar-refractivity contribution in [3.63, 3.8) is 0 Å². The predicted molar refractivity (Wildman–Crippen MR) is 68.1 cm³/mol. The molecule has 0 atom stereocenters. The van der Waals surface area contributed by atoms with Crippen LogP contribution in [0.1, 0.15) is 38.5 Å². The van der Waals surface area contributed by atoms with Crippen molar-refractivity contribution in [1.82, 2.24) is 0 Å². The van der Waals surface area contributed by atoms with Crippen LogP contribution in [0.15, 0.2) is 0 Å². The van der Waals surface area contributed by atoms with Gasteiger partial charge in [-0.15, -0.1) is 0 Å². The molecule has 0 spiro atoms. The molecule has 2 saturated heterocycles. The van der Waals surface area contributed by atoms with E-state index in [4.69, 9.17) is 0 Å². The third-order valence-electron chi connectivity index (χ3n) is 3.39. The summed E-state index contributed by atoms with van der Waals surface area (Å²) >= 11 is -0.0691. The molecule has 98 valence electrons. The Morgan fingerprint density at radius 1 is 0.500 bits per heavy atom. The van der Waals surface area contributed by atoms with Crippen molar-refractivity contribution in [3.8, 4) is 0 Å². The Hall–Kier alpha value is 2.00. The number of hydrogen-bond acceptors (Lipinski definition) is 0. The van der Waals surface area contributed by atoms with Gasteiger partial charge in [-0.25, -0.2) is 0 Å². The van der Waals surface area contributed by atoms with Crippen molar-refractivity contribution >= 4 is 27.8 Å². The van der Waals surface area contributed by atoms with E-state index >= 15 is 0 Å². The minimum absolute atomic E-state index is 0. The zero-order valence-electron chi connectivity index (χ0n) is 10.1. The summed E-state index contributed by atoms with van der Waals surface area (Å²) in [6, 6.07) is 0. The van der Waals surface area contributed by atoms with Crippen LogP contribution in [0.2, 0.25) is 31.9 Å². The van der Waals surface area contributed by atoms with Gasteiger partial charge in [0.15, 0.2) is 0 Å². The standard InChI is InChI=1S/C12H24Se2.2BrH/c1-3-7-13(8-4-1)11-12-14-9-5-2-6-10-14;;/h1-12H2;2*1H/q+2;;/p-2. The normalized spacial score (nSPS) is 23.2. The number of rotatable bonds is 3. The monoisotopic (exact) mass is 486 g/mol. The molecule has 0 saturated carbocycles. The van der Waals surface area contributed by atoms with Gasteiger partial charge in [0.05, 0.1) is 0 Å². The molecule has 0 amide bonds. The molecule has 0 radical (unpaired) electrons. The molecule has 4 heteroatoms. The first-order chi connectivity index (χ1) is 6.95. The van der Waals surface area contributed by atoms with Crippen LogP contribution in [0.5, 0.6) is 0 Å². The molecule has 0 aromatic heterocycles. The quantitative estimate of drug-likeness (QED) is 0.420. The molecule has 0 aromatic rings. The molecule has 0 nitrogen and oxygen atoms in total. The maximum absolute atomic E-state index is 1.74. The summed E-state index contributed by atoms with van der Waals surface area (Å²) in [6.45, 7) is 0. The number of halogens is 2. The summed E-state index contributed by atoms with van der Waals surface area (Å²) in [5, 5.41) is 10.3. The summed E-state index contributed by atoms with van der Waals surface area (Å²) in [6.07, 6.45) is 9.48. The molecule has 2 aliphatic rings. The van der Waals surface area contributed by atoms with Crippen LogP contribution in [0.25, 0.3) is 0 Å². The van der Waals surface area contributed by atoms with Gasteiger partial charge in [-0.1, -0.05) is 0 Å². The fraction of sp³-hybridized carbons (Fsp3) is 1.00. The SMILES string of the molecule is C1CC[Se+](CC[Se+]2CCCCC2)CC1.[Br-].[Br-]. The molecule has 0 aliphatic carbocycles. The Kier molecular flexibility index (Phi) is 12.2. The molecule has 2 aliphatic heterocycles. The van der Waals surface area contributed by atoms with E-state index in [1.54, 1.807) is 70.4 Å². The molecule has 0 N–H and O–H groups in total.